The summed E-state index contributed by atoms with van der Waals surface area (Å²) in [5.41, 5.74) is -0.585. The molecule has 4 rings (SSSR count). The lowest BCUT2D eigenvalue weighted by molar-refractivity contribution is -0.138. The molecule has 2 amide bonds. The molecule has 1 N–H and O–H groups in total. The molecule has 8 nitrogen and oxygen atoms in total. The summed E-state index contributed by atoms with van der Waals surface area (Å²) in [4.78, 5) is 26.1. The van der Waals surface area contributed by atoms with Gasteiger partial charge < -0.3 is 15.0 Å². The van der Waals surface area contributed by atoms with Gasteiger partial charge in [0.05, 0.1) is 24.3 Å². The Morgan fingerprint density at radius 3 is 2.58 bits per heavy atom. The average Bonchev–Trinajstić information content (AvgIpc) is 3.48. The lowest BCUT2D eigenvalue weighted by Gasteiger charge is -2.32. The van der Waals surface area contributed by atoms with Crippen molar-refractivity contribution in [3.05, 3.63) is 41.7 Å². The second-order valence-electron chi connectivity index (χ2n) is 7.72. The Hall–Kier alpha value is -3.11. The number of aromatic nitrogens is 3. The fourth-order valence-electron chi connectivity index (χ4n) is 3.42. The van der Waals surface area contributed by atoms with Gasteiger partial charge in [-0.05, 0) is 31.0 Å². The monoisotopic (exact) mass is 437 g/mol. The van der Waals surface area contributed by atoms with Gasteiger partial charge in [0.25, 0.3) is 5.91 Å². The minimum Gasteiger partial charge on any atom is -0.490 e. The van der Waals surface area contributed by atoms with Crippen LogP contribution in [-0.4, -0.2) is 57.4 Å². The molecule has 1 aliphatic carbocycles. The zero-order valence-electron chi connectivity index (χ0n) is 16.6. The standard InChI is InChI=1S/C20H22F3N5O3/c21-20(22,23)13-2-1-3-16(10-13)31-15-6-8-27(9-7-15)18(29)11-24-19(30)17-12-28(26-25-17)14-4-5-14/h1-3,10,12,14-15H,4-9,11H2,(H,24,30). The van der Waals surface area contributed by atoms with E-state index in [0.29, 0.717) is 32.0 Å². The van der Waals surface area contributed by atoms with Crippen LogP contribution in [0.1, 0.15) is 47.8 Å². The second-order valence-corrected chi connectivity index (χ2v) is 7.72. The van der Waals surface area contributed by atoms with Crippen molar-refractivity contribution in [3.8, 4) is 5.75 Å². The highest BCUT2D eigenvalue weighted by molar-refractivity contribution is 5.94. The first-order chi connectivity index (χ1) is 14.8. The summed E-state index contributed by atoms with van der Waals surface area (Å²) >= 11 is 0. The first-order valence-electron chi connectivity index (χ1n) is 10.1. The number of hydrogen-bond acceptors (Lipinski definition) is 5. The number of amides is 2. The predicted molar refractivity (Wildman–Crippen MR) is 102 cm³/mol. The van der Waals surface area contributed by atoms with Gasteiger partial charge in [-0.15, -0.1) is 5.10 Å². The van der Waals surface area contributed by atoms with Crippen LogP contribution in [0.5, 0.6) is 5.75 Å². The summed E-state index contributed by atoms with van der Waals surface area (Å²) in [6.07, 6.45) is -0.0939. The van der Waals surface area contributed by atoms with Gasteiger partial charge in [0.1, 0.15) is 11.9 Å². The van der Waals surface area contributed by atoms with Crippen molar-refractivity contribution < 1.29 is 27.5 Å². The number of piperidine rings is 1. The minimum absolute atomic E-state index is 0.158. The smallest absolute Gasteiger partial charge is 0.416 e. The Labute approximate surface area is 176 Å². The largest absolute Gasteiger partial charge is 0.490 e. The van der Waals surface area contributed by atoms with Gasteiger partial charge in [-0.3, -0.25) is 9.59 Å². The number of halogens is 3. The van der Waals surface area contributed by atoms with Crippen molar-refractivity contribution in [2.75, 3.05) is 19.6 Å². The molecule has 1 aromatic heterocycles. The van der Waals surface area contributed by atoms with Crippen molar-refractivity contribution in [1.29, 1.82) is 0 Å². The van der Waals surface area contributed by atoms with Gasteiger partial charge in [0.15, 0.2) is 5.69 Å². The molecule has 11 heteroatoms. The van der Waals surface area contributed by atoms with E-state index < -0.39 is 17.6 Å². The Morgan fingerprint density at radius 1 is 1.16 bits per heavy atom. The van der Waals surface area contributed by atoms with Crippen LogP contribution >= 0.6 is 0 Å². The fourth-order valence-corrected chi connectivity index (χ4v) is 3.42. The highest BCUT2D eigenvalue weighted by atomic mass is 19.4. The first-order valence-corrected chi connectivity index (χ1v) is 10.1. The number of nitrogens with one attached hydrogen (secondary N) is 1. The van der Waals surface area contributed by atoms with Crippen LogP contribution in [0.3, 0.4) is 0 Å². The molecule has 2 aliphatic rings. The molecule has 0 bridgehead atoms. The van der Waals surface area contributed by atoms with Crippen molar-refractivity contribution in [1.82, 2.24) is 25.2 Å². The third kappa shape index (κ3) is 5.33. The summed E-state index contributed by atoms with van der Waals surface area (Å²) in [6.45, 7) is 0.640. The van der Waals surface area contributed by atoms with Crippen molar-refractivity contribution in [2.45, 2.75) is 44.0 Å². The van der Waals surface area contributed by atoms with E-state index in [2.05, 4.69) is 15.6 Å². The van der Waals surface area contributed by atoms with E-state index in [9.17, 15) is 22.8 Å². The van der Waals surface area contributed by atoms with Crippen LogP contribution < -0.4 is 10.1 Å². The van der Waals surface area contributed by atoms with Crippen LogP contribution in [-0.2, 0) is 11.0 Å². The quantitative estimate of drug-likeness (QED) is 0.750. The number of nitrogens with zero attached hydrogens (tertiary/aromatic N) is 4. The lowest BCUT2D eigenvalue weighted by Crippen LogP contribution is -2.46. The molecule has 2 heterocycles. The summed E-state index contributed by atoms with van der Waals surface area (Å²) in [7, 11) is 0. The Bertz CT molecular complexity index is 950. The number of carbonyl (C=O) groups excluding carboxylic acids is 2. The van der Waals surface area contributed by atoms with E-state index >= 15 is 0 Å². The number of ether oxygens (including phenoxy) is 1. The van der Waals surface area contributed by atoms with E-state index in [1.807, 2.05) is 0 Å². The number of carbonyl (C=O) groups is 2. The lowest BCUT2D eigenvalue weighted by atomic mass is 10.1. The first kappa shape index (κ1) is 21.1. The van der Waals surface area contributed by atoms with Crippen molar-refractivity contribution in [2.24, 2.45) is 0 Å². The molecule has 1 saturated carbocycles. The molecule has 166 valence electrons. The van der Waals surface area contributed by atoms with Crippen LogP contribution in [0, 0.1) is 0 Å². The molecular weight excluding hydrogens is 415 g/mol. The van der Waals surface area contributed by atoms with Gasteiger partial charge in [-0.1, -0.05) is 11.3 Å². The molecule has 31 heavy (non-hydrogen) atoms. The van der Waals surface area contributed by atoms with Gasteiger partial charge in [0.2, 0.25) is 5.91 Å². The van der Waals surface area contributed by atoms with E-state index in [1.165, 1.54) is 12.1 Å². The molecule has 2 aromatic rings. The molecule has 1 saturated heterocycles. The van der Waals surface area contributed by atoms with Crippen LogP contribution in [0.15, 0.2) is 30.5 Å². The van der Waals surface area contributed by atoms with Gasteiger partial charge in [-0.25, -0.2) is 4.68 Å². The van der Waals surface area contributed by atoms with Crippen LogP contribution in [0.2, 0.25) is 0 Å². The summed E-state index contributed by atoms with van der Waals surface area (Å²) in [6, 6.07) is 5.08. The minimum atomic E-state index is -4.42. The van der Waals surface area contributed by atoms with Gasteiger partial charge in [0, 0.05) is 25.9 Å². The highest BCUT2D eigenvalue weighted by Crippen LogP contribution is 2.34. The summed E-state index contributed by atoms with van der Waals surface area (Å²) in [5.74, 6) is -0.533. The predicted octanol–water partition coefficient (Wildman–Crippen LogP) is 2.43. The third-order valence-corrected chi connectivity index (χ3v) is 5.32. The van der Waals surface area contributed by atoms with Gasteiger partial charge >= 0.3 is 6.18 Å². The summed E-state index contributed by atoms with van der Waals surface area (Å²) < 4.78 is 45.8. The number of rotatable bonds is 6. The number of likely N-dealkylation sites (tertiary alicyclic amines) is 1. The molecule has 0 spiro atoms. The number of alkyl halides is 3. The van der Waals surface area contributed by atoms with Crippen molar-refractivity contribution in [3.63, 3.8) is 0 Å². The average molecular weight is 437 g/mol. The third-order valence-electron chi connectivity index (χ3n) is 5.32. The van der Waals surface area contributed by atoms with Crippen LogP contribution in [0.25, 0.3) is 0 Å². The maximum Gasteiger partial charge on any atom is 0.416 e. The molecule has 0 atom stereocenters. The Kier molecular flexibility index (Phi) is 5.84. The zero-order chi connectivity index (χ0) is 22.0. The SMILES string of the molecule is O=C(NCC(=O)N1CCC(Oc2cccc(C(F)(F)F)c2)CC1)c1cn(C2CC2)nn1. The normalized spacial score (nSPS) is 17.5. The molecule has 0 radical (unpaired) electrons. The number of benzene rings is 1. The molecule has 1 aromatic carbocycles. The van der Waals surface area contributed by atoms with E-state index in [4.69, 9.17) is 4.74 Å². The molecule has 2 fully saturated rings. The van der Waals surface area contributed by atoms with E-state index in [-0.39, 0.29) is 30.0 Å². The molecule has 1 aliphatic heterocycles. The summed E-state index contributed by atoms with van der Waals surface area (Å²) in [5, 5.41) is 10.3. The molecular formula is C20H22F3N5O3. The Morgan fingerprint density at radius 2 is 1.90 bits per heavy atom. The molecule has 0 unspecified atom stereocenters. The Balaban J connectivity index is 1.22. The van der Waals surface area contributed by atoms with Crippen LogP contribution in [0.4, 0.5) is 13.2 Å². The highest BCUT2D eigenvalue weighted by Gasteiger charge is 2.31. The second kappa shape index (κ2) is 8.56. The van der Waals surface area contributed by atoms with E-state index in [0.717, 1.165) is 25.0 Å². The van der Waals surface area contributed by atoms with Gasteiger partial charge in [-0.2, -0.15) is 13.2 Å². The maximum atomic E-state index is 12.8. The fraction of sp³-hybridized carbons (Fsp3) is 0.500. The number of hydrogen-bond donors (Lipinski definition) is 1. The maximum absolute atomic E-state index is 12.8. The van der Waals surface area contributed by atoms with Crippen molar-refractivity contribution >= 4 is 11.8 Å². The zero-order valence-corrected chi connectivity index (χ0v) is 16.6. The topological polar surface area (TPSA) is 89.4 Å². The van der Waals surface area contributed by atoms with E-state index in [1.54, 1.807) is 15.8 Å².